The number of hydrogen-bond acceptors (Lipinski definition) is 3. The Morgan fingerprint density at radius 2 is 2.13 bits per heavy atom. The van der Waals surface area contributed by atoms with Crippen LogP contribution in [0.1, 0.15) is 19.9 Å². The summed E-state index contributed by atoms with van der Waals surface area (Å²) in [5, 5.41) is 0. The van der Waals surface area contributed by atoms with Crippen molar-refractivity contribution in [3.8, 4) is 0 Å². The van der Waals surface area contributed by atoms with Gasteiger partial charge in [0.1, 0.15) is 0 Å². The summed E-state index contributed by atoms with van der Waals surface area (Å²) in [5.74, 6) is 0.733. The Hall–Kier alpha value is -1.65. The fraction of sp³-hybridized carbons (Fsp3) is 0.500. The van der Waals surface area contributed by atoms with Crippen LogP contribution in [0.5, 0.6) is 0 Å². The van der Waals surface area contributed by atoms with Crippen LogP contribution in [0.25, 0.3) is 11.2 Å². The number of fused-ring (bicyclic) bond motifs is 1. The minimum atomic E-state index is 0.392. The maximum atomic E-state index is 4.50. The lowest BCUT2D eigenvalue weighted by Crippen LogP contribution is -2.35. The van der Waals surface area contributed by atoms with Gasteiger partial charge in [0, 0.05) is 14.1 Å². The van der Waals surface area contributed by atoms with E-state index in [-0.39, 0.29) is 0 Å². The summed E-state index contributed by atoms with van der Waals surface area (Å²) in [5.41, 5.74) is 1.91. The Kier molecular flexibility index (Phi) is 2.30. The van der Waals surface area contributed by atoms with Crippen LogP contribution in [-0.2, 0) is 0 Å². The molecule has 2 aromatic heterocycles. The first-order chi connectivity index (χ1) is 7.09. The first kappa shape index (κ1) is 9.89. The lowest BCUT2D eigenvalue weighted by molar-refractivity contribution is -0.692. The smallest absolute Gasteiger partial charge is 0.307 e. The number of aromatic amines is 1. The third-order valence-electron chi connectivity index (χ3n) is 2.32. The Balaban J connectivity index is 2.61. The Labute approximate surface area is 88.8 Å². The highest BCUT2D eigenvalue weighted by Crippen LogP contribution is 2.09. The maximum absolute atomic E-state index is 4.50. The Morgan fingerprint density at radius 3 is 2.73 bits per heavy atom. The van der Waals surface area contributed by atoms with Crippen molar-refractivity contribution in [1.82, 2.24) is 15.0 Å². The third-order valence-corrected chi connectivity index (χ3v) is 2.32. The SMILES string of the molecule is CC(C)[n+]1c[nH]c2cnc(N(C)C)nc21. The van der Waals surface area contributed by atoms with Gasteiger partial charge in [-0.15, -0.1) is 0 Å². The number of nitrogens with one attached hydrogen (secondary N) is 1. The van der Waals surface area contributed by atoms with Gasteiger partial charge in [0.15, 0.2) is 11.8 Å². The molecule has 0 saturated heterocycles. The van der Waals surface area contributed by atoms with Crippen molar-refractivity contribution in [3.05, 3.63) is 12.5 Å². The molecule has 2 aromatic rings. The molecule has 5 heteroatoms. The molecule has 0 bridgehead atoms. The minimum absolute atomic E-state index is 0.392. The molecule has 15 heavy (non-hydrogen) atoms. The van der Waals surface area contributed by atoms with Crippen molar-refractivity contribution in [2.75, 3.05) is 19.0 Å². The van der Waals surface area contributed by atoms with Crippen LogP contribution in [0.15, 0.2) is 12.5 Å². The normalized spacial score (nSPS) is 11.3. The molecule has 0 fully saturated rings. The van der Waals surface area contributed by atoms with Gasteiger partial charge in [-0.1, -0.05) is 4.98 Å². The molecular formula is C10H16N5+. The first-order valence-electron chi connectivity index (χ1n) is 5.02. The predicted octanol–water partition coefficient (Wildman–Crippen LogP) is 0.892. The summed E-state index contributed by atoms with van der Waals surface area (Å²) in [7, 11) is 3.88. The van der Waals surface area contributed by atoms with Gasteiger partial charge in [-0.3, -0.25) is 4.98 Å². The monoisotopic (exact) mass is 206 g/mol. The maximum Gasteiger partial charge on any atom is 0.307 e. The highest BCUT2D eigenvalue weighted by molar-refractivity contribution is 5.66. The van der Waals surface area contributed by atoms with Gasteiger partial charge in [-0.25, -0.2) is 9.55 Å². The molecule has 0 aliphatic carbocycles. The van der Waals surface area contributed by atoms with Gasteiger partial charge in [0.2, 0.25) is 0 Å². The molecule has 2 rings (SSSR count). The highest BCUT2D eigenvalue weighted by atomic mass is 15.2. The number of aromatic nitrogens is 4. The largest absolute Gasteiger partial charge is 0.333 e. The van der Waals surface area contributed by atoms with E-state index in [9.17, 15) is 0 Å². The van der Waals surface area contributed by atoms with E-state index in [1.54, 1.807) is 0 Å². The Bertz CT molecular complexity index is 472. The van der Waals surface area contributed by atoms with E-state index in [1.165, 1.54) is 0 Å². The summed E-state index contributed by atoms with van der Waals surface area (Å²) >= 11 is 0. The van der Waals surface area contributed by atoms with Crippen molar-refractivity contribution >= 4 is 17.1 Å². The fourth-order valence-corrected chi connectivity index (χ4v) is 1.47. The summed E-state index contributed by atoms with van der Waals surface area (Å²) in [6, 6.07) is 0.392. The molecule has 0 aliphatic rings. The minimum Gasteiger partial charge on any atom is -0.333 e. The van der Waals surface area contributed by atoms with Crippen LogP contribution in [0.2, 0.25) is 0 Å². The molecule has 80 valence electrons. The van der Waals surface area contributed by atoms with E-state index in [4.69, 9.17) is 0 Å². The third kappa shape index (κ3) is 1.65. The zero-order valence-corrected chi connectivity index (χ0v) is 9.52. The van der Waals surface area contributed by atoms with Crippen LogP contribution in [0.4, 0.5) is 5.95 Å². The van der Waals surface area contributed by atoms with Crippen LogP contribution < -0.4 is 9.47 Å². The first-order valence-corrected chi connectivity index (χ1v) is 5.02. The van der Waals surface area contributed by atoms with Gasteiger partial charge < -0.3 is 4.90 Å². The average Bonchev–Trinajstić information content (AvgIpc) is 2.59. The quantitative estimate of drug-likeness (QED) is 0.742. The summed E-state index contributed by atoms with van der Waals surface area (Å²) in [6.45, 7) is 4.26. The molecule has 0 spiro atoms. The number of imidazole rings is 1. The number of rotatable bonds is 2. The second-order valence-corrected chi connectivity index (χ2v) is 4.08. The standard InChI is InChI=1S/C10H15N5/c1-7(2)15-6-12-8-5-11-10(14(3)4)13-9(8)15/h5-7H,1-4H3/p+1. The van der Waals surface area contributed by atoms with Crippen LogP contribution in [0.3, 0.4) is 0 Å². The molecule has 0 atom stereocenters. The van der Waals surface area contributed by atoms with Crippen LogP contribution in [-0.4, -0.2) is 29.0 Å². The molecule has 1 N–H and O–H groups in total. The van der Waals surface area contributed by atoms with E-state index in [2.05, 4.69) is 33.4 Å². The number of H-pyrrole nitrogens is 1. The molecule has 5 nitrogen and oxygen atoms in total. The molecule has 0 radical (unpaired) electrons. The van der Waals surface area contributed by atoms with Gasteiger partial charge in [-0.2, -0.15) is 0 Å². The molecule has 0 aromatic carbocycles. The number of anilines is 1. The molecule has 0 saturated carbocycles. The van der Waals surface area contributed by atoms with E-state index in [1.807, 2.05) is 31.5 Å². The molecule has 0 amide bonds. The molecular weight excluding hydrogens is 190 g/mol. The van der Waals surface area contributed by atoms with Crippen LogP contribution in [0, 0.1) is 0 Å². The fourth-order valence-electron chi connectivity index (χ4n) is 1.47. The lowest BCUT2D eigenvalue weighted by Gasteiger charge is -2.06. The van der Waals surface area contributed by atoms with E-state index in [0.717, 1.165) is 17.1 Å². The predicted molar refractivity (Wildman–Crippen MR) is 58.8 cm³/mol. The molecule has 0 aliphatic heterocycles. The zero-order valence-electron chi connectivity index (χ0n) is 9.52. The van der Waals surface area contributed by atoms with Gasteiger partial charge >= 0.3 is 11.6 Å². The zero-order chi connectivity index (χ0) is 11.0. The van der Waals surface area contributed by atoms with Gasteiger partial charge in [0.25, 0.3) is 0 Å². The number of hydrogen-bond donors (Lipinski definition) is 1. The second-order valence-electron chi connectivity index (χ2n) is 4.08. The number of nitrogens with zero attached hydrogens (tertiary/aromatic N) is 4. The van der Waals surface area contributed by atoms with Crippen molar-refractivity contribution in [2.24, 2.45) is 0 Å². The van der Waals surface area contributed by atoms with Crippen LogP contribution >= 0.6 is 0 Å². The summed E-state index contributed by atoms with van der Waals surface area (Å²) in [6.07, 6.45) is 3.75. The van der Waals surface area contributed by atoms with E-state index >= 15 is 0 Å². The van der Waals surface area contributed by atoms with Gasteiger partial charge in [0.05, 0.1) is 12.2 Å². The van der Waals surface area contributed by atoms with Crippen molar-refractivity contribution in [3.63, 3.8) is 0 Å². The summed E-state index contributed by atoms with van der Waals surface area (Å²) in [4.78, 5) is 13.8. The summed E-state index contributed by atoms with van der Waals surface area (Å²) < 4.78 is 2.10. The Morgan fingerprint density at radius 1 is 1.40 bits per heavy atom. The van der Waals surface area contributed by atoms with Crippen molar-refractivity contribution < 1.29 is 4.57 Å². The molecule has 2 heterocycles. The van der Waals surface area contributed by atoms with Crippen molar-refractivity contribution in [2.45, 2.75) is 19.9 Å². The highest BCUT2D eigenvalue weighted by Gasteiger charge is 2.16. The topological polar surface area (TPSA) is 48.7 Å². The van der Waals surface area contributed by atoms with E-state index < -0.39 is 0 Å². The second kappa shape index (κ2) is 3.49. The van der Waals surface area contributed by atoms with E-state index in [0.29, 0.717) is 6.04 Å². The van der Waals surface area contributed by atoms with Gasteiger partial charge in [-0.05, 0) is 13.8 Å². The molecule has 0 unspecified atom stereocenters. The average molecular weight is 206 g/mol. The van der Waals surface area contributed by atoms with Crippen molar-refractivity contribution in [1.29, 1.82) is 0 Å². The lowest BCUT2D eigenvalue weighted by atomic mass is 10.4.